The molecule has 0 aliphatic carbocycles. The maximum absolute atomic E-state index is 13.2. The first-order valence-corrected chi connectivity index (χ1v) is 4.47. The number of nitrogens with two attached hydrogens (primary N) is 1. The third kappa shape index (κ3) is 3.61. The van der Waals surface area contributed by atoms with E-state index in [-0.39, 0.29) is 18.0 Å². The minimum absolute atomic E-state index is 0. The first kappa shape index (κ1) is 14.1. The predicted octanol–water partition coefficient (Wildman–Crippen LogP) is 3.35. The van der Waals surface area contributed by atoms with E-state index in [1.807, 2.05) is 0 Å². The normalized spacial score (nSPS) is 11.7. The van der Waals surface area contributed by atoms with E-state index in [1.54, 1.807) is 6.08 Å². The Morgan fingerprint density at radius 2 is 2.07 bits per heavy atom. The van der Waals surface area contributed by atoms with Gasteiger partial charge in [0.2, 0.25) is 0 Å². The van der Waals surface area contributed by atoms with Gasteiger partial charge in [-0.05, 0) is 18.9 Å². The van der Waals surface area contributed by atoms with Crippen molar-refractivity contribution in [3.05, 3.63) is 48.1 Å². The Balaban J connectivity index is 0.00000196. The topological polar surface area (TPSA) is 26.0 Å². The highest BCUT2D eigenvalue weighted by Gasteiger charge is 2.13. The molecule has 1 aromatic rings. The number of halogens is 3. The Hall–Kier alpha value is -0.930. The standard InChI is InChI=1S/C11H13F2N.ClH/c1-2-3-7-10(14)8-5-4-6-9(12)11(8)13;/h2,4-6,10H,1,3,7,14H2;1H/t10-;/m0./s1. The van der Waals surface area contributed by atoms with Crippen molar-refractivity contribution in [3.8, 4) is 0 Å². The third-order valence-electron chi connectivity index (χ3n) is 2.06. The second-order valence-electron chi connectivity index (χ2n) is 3.12. The van der Waals surface area contributed by atoms with Gasteiger partial charge in [0.1, 0.15) is 0 Å². The summed E-state index contributed by atoms with van der Waals surface area (Å²) in [5.41, 5.74) is 5.92. The maximum atomic E-state index is 13.2. The summed E-state index contributed by atoms with van der Waals surface area (Å²) in [5, 5.41) is 0. The van der Waals surface area contributed by atoms with Gasteiger partial charge >= 0.3 is 0 Å². The number of rotatable bonds is 4. The first-order valence-electron chi connectivity index (χ1n) is 4.47. The van der Waals surface area contributed by atoms with Gasteiger partial charge in [-0.1, -0.05) is 18.2 Å². The third-order valence-corrected chi connectivity index (χ3v) is 2.06. The van der Waals surface area contributed by atoms with E-state index in [9.17, 15) is 8.78 Å². The minimum atomic E-state index is -0.850. The average molecular weight is 234 g/mol. The van der Waals surface area contributed by atoms with Crippen LogP contribution in [0.15, 0.2) is 30.9 Å². The molecule has 0 aliphatic heterocycles. The van der Waals surface area contributed by atoms with Crippen LogP contribution in [-0.4, -0.2) is 0 Å². The molecule has 0 amide bonds. The number of hydrogen-bond donors (Lipinski definition) is 1. The molecule has 0 unspecified atom stereocenters. The average Bonchev–Trinajstić information content (AvgIpc) is 2.18. The zero-order valence-electron chi connectivity index (χ0n) is 8.25. The van der Waals surface area contributed by atoms with Gasteiger partial charge in [0, 0.05) is 11.6 Å². The second kappa shape index (κ2) is 6.53. The molecule has 0 bridgehead atoms. The van der Waals surface area contributed by atoms with Crippen molar-refractivity contribution >= 4 is 12.4 Å². The molecule has 0 radical (unpaired) electrons. The predicted molar refractivity (Wildman–Crippen MR) is 60.0 cm³/mol. The van der Waals surface area contributed by atoms with Gasteiger partial charge in [0.05, 0.1) is 0 Å². The Labute approximate surface area is 94.4 Å². The van der Waals surface area contributed by atoms with Crippen molar-refractivity contribution in [2.45, 2.75) is 18.9 Å². The molecule has 1 rings (SSSR count). The van der Waals surface area contributed by atoms with Crippen molar-refractivity contribution in [2.24, 2.45) is 5.73 Å². The fourth-order valence-corrected chi connectivity index (χ4v) is 1.26. The van der Waals surface area contributed by atoms with Crippen LogP contribution in [0.2, 0.25) is 0 Å². The van der Waals surface area contributed by atoms with Crippen LogP contribution >= 0.6 is 12.4 Å². The summed E-state index contributed by atoms with van der Waals surface area (Å²) in [5.74, 6) is -1.69. The van der Waals surface area contributed by atoms with E-state index < -0.39 is 17.7 Å². The van der Waals surface area contributed by atoms with Crippen LogP contribution in [0.4, 0.5) is 8.78 Å². The molecular weight excluding hydrogens is 220 g/mol. The zero-order chi connectivity index (χ0) is 10.6. The second-order valence-corrected chi connectivity index (χ2v) is 3.12. The van der Waals surface area contributed by atoms with E-state index in [4.69, 9.17) is 5.73 Å². The van der Waals surface area contributed by atoms with E-state index in [2.05, 4.69) is 6.58 Å². The SMILES string of the molecule is C=CCC[C@H](N)c1cccc(F)c1F.Cl. The van der Waals surface area contributed by atoms with E-state index in [0.717, 1.165) is 6.07 Å². The molecule has 1 aromatic carbocycles. The lowest BCUT2D eigenvalue weighted by molar-refractivity contribution is 0.484. The van der Waals surface area contributed by atoms with Crippen molar-refractivity contribution in [2.75, 3.05) is 0 Å². The lowest BCUT2D eigenvalue weighted by atomic mass is 10.0. The van der Waals surface area contributed by atoms with E-state index in [1.165, 1.54) is 12.1 Å². The molecule has 4 heteroatoms. The maximum Gasteiger partial charge on any atom is 0.163 e. The van der Waals surface area contributed by atoms with Crippen LogP contribution < -0.4 is 5.73 Å². The van der Waals surface area contributed by atoms with Gasteiger partial charge < -0.3 is 5.73 Å². The van der Waals surface area contributed by atoms with Crippen LogP contribution in [0.5, 0.6) is 0 Å². The van der Waals surface area contributed by atoms with Gasteiger partial charge in [0.25, 0.3) is 0 Å². The molecule has 1 nitrogen and oxygen atoms in total. The van der Waals surface area contributed by atoms with Crippen LogP contribution in [0.3, 0.4) is 0 Å². The summed E-state index contributed by atoms with van der Waals surface area (Å²) in [6, 6.07) is 3.58. The molecule has 1 atom stereocenters. The van der Waals surface area contributed by atoms with Crippen LogP contribution in [0.1, 0.15) is 24.4 Å². The molecular formula is C11H14ClF2N. The van der Waals surface area contributed by atoms with Gasteiger partial charge in [0.15, 0.2) is 11.6 Å². The summed E-state index contributed by atoms with van der Waals surface area (Å²) in [7, 11) is 0. The van der Waals surface area contributed by atoms with E-state index >= 15 is 0 Å². The Kier molecular flexibility index (Phi) is 6.13. The molecule has 0 aromatic heterocycles. The molecule has 0 aliphatic rings. The Morgan fingerprint density at radius 1 is 1.40 bits per heavy atom. The highest BCUT2D eigenvalue weighted by Crippen LogP contribution is 2.20. The molecule has 0 spiro atoms. The summed E-state index contributed by atoms with van der Waals surface area (Å²) in [4.78, 5) is 0. The van der Waals surface area contributed by atoms with Gasteiger partial charge in [-0.25, -0.2) is 8.78 Å². The molecule has 0 heterocycles. The van der Waals surface area contributed by atoms with Gasteiger partial charge in [-0.3, -0.25) is 0 Å². The molecule has 84 valence electrons. The van der Waals surface area contributed by atoms with Gasteiger partial charge in [-0.15, -0.1) is 19.0 Å². The molecule has 0 fully saturated rings. The highest BCUT2D eigenvalue weighted by atomic mass is 35.5. The Bertz CT molecular complexity index is 328. The van der Waals surface area contributed by atoms with Crippen LogP contribution in [-0.2, 0) is 0 Å². The Morgan fingerprint density at radius 3 is 2.67 bits per heavy atom. The highest BCUT2D eigenvalue weighted by molar-refractivity contribution is 5.85. The lowest BCUT2D eigenvalue weighted by Gasteiger charge is -2.11. The lowest BCUT2D eigenvalue weighted by Crippen LogP contribution is -2.12. The molecule has 15 heavy (non-hydrogen) atoms. The fraction of sp³-hybridized carbons (Fsp3) is 0.273. The van der Waals surface area contributed by atoms with Crippen LogP contribution in [0.25, 0.3) is 0 Å². The van der Waals surface area contributed by atoms with Crippen molar-refractivity contribution in [1.29, 1.82) is 0 Å². The minimum Gasteiger partial charge on any atom is -0.324 e. The monoisotopic (exact) mass is 233 g/mol. The quantitative estimate of drug-likeness (QED) is 0.793. The van der Waals surface area contributed by atoms with Gasteiger partial charge in [-0.2, -0.15) is 0 Å². The first-order chi connectivity index (χ1) is 6.66. The van der Waals surface area contributed by atoms with E-state index in [0.29, 0.717) is 12.8 Å². The largest absolute Gasteiger partial charge is 0.324 e. The summed E-state index contributed by atoms with van der Waals surface area (Å²) < 4.78 is 26.0. The molecule has 0 saturated heterocycles. The van der Waals surface area contributed by atoms with Crippen molar-refractivity contribution in [3.63, 3.8) is 0 Å². The van der Waals surface area contributed by atoms with Crippen molar-refractivity contribution in [1.82, 2.24) is 0 Å². The fourth-order valence-electron chi connectivity index (χ4n) is 1.26. The van der Waals surface area contributed by atoms with Crippen LogP contribution in [0, 0.1) is 11.6 Å². The van der Waals surface area contributed by atoms with Crippen molar-refractivity contribution < 1.29 is 8.78 Å². The summed E-state index contributed by atoms with van der Waals surface area (Å²) in [6.45, 7) is 3.54. The number of allylic oxidation sites excluding steroid dienone is 1. The molecule has 2 N–H and O–H groups in total. The number of benzene rings is 1. The molecule has 0 saturated carbocycles. The summed E-state index contributed by atoms with van der Waals surface area (Å²) in [6.07, 6.45) is 2.97. The smallest absolute Gasteiger partial charge is 0.163 e. The summed E-state index contributed by atoms with van der Waals surface area (Å²) >= 11 is 0. The number of hydrogen-bond acceptors (Lipinski definition) is 1. The zero-order valence-corrected chi connectivity index (χ0v) is 9.07.